The molecule has 2 aromatic carbocycles. The van der Waals surface area contributed by atoms with Crippen molar-refractivity contribution in [3.05, 3.63) is 78.8 Å². The molecule has 0 atom stereocenters. The summed E-state index contributed by atoms with van der Waals surface area (Å²) in [5.41, 5.74) is 1.42. The third kappa shape index (κ3) is 4.62. The van der Waals surface area contributed by atoms with Gasteiger partial charge in [0.15, 0.2) is 5.13 Å². The number of ether oxygens (including phenoxy) is 1. The number of thiazole rings is 1. The highest BCUT2D eigenvalue weighted by molar-refractivity contribution is 7.22. The van der Waals surface area contributed by atoms with Crippen molar-refractivity contribution in [3.63, 3.8) is 0 Å². The predicted molar refractivity (Wildman–Crippen MR) is 121 cm³/mol. The van der Waals surface area contributed by atoms with E-state index in [1.807, 2.05) is 60.7 Å². The molecule has 0 unspecified atom stereocenters. The Bertz CT molecular complexity index is 1350. The molecule has 3 aromatic heterocycles. The number of anilines is 1. The molecule has 0 fully saturated rings. The standard InChI is InChI=1S/C23H17N5O3S/c29-20(11-12-21-27-22(28-31-21)18-8-4-5-13-24-18)26-23-25-17-10-9-16(14-19(17)32-23)30-15-6-2-1-3-7-15/h1-10,13-14H,11-12H2,(H,25,26,29). The Hall–Kier alpha value is -4.11. The molecule has 0 aliphatic heterocycles. The second-order valence-corrected chi connectivity index (χ2v) is 7.87. The Morgan fingerprint density at radius 2 is 1.88 bits per heavy atom. The highest BCUT2D eigenvalue weighted by atomic mass is 32.1. The first-order valence-corrected chi connectivity index (χ1v) is 10.7. The van der Waals surface area contributed by atoms with Gasteiger partial charge in [-0.2, -0.15) is 4.98 Å². The first kappa shape index (κ1) is 19.8. The zero-order chi connectivity index (χ0) is 21.8. The van der Waals surface area contributed by atoms with Crippen molar-refractivity contribution in [2.45, 2.75) is 12.8 Å². The zero-order valence-electron chi connectivity index (χ0n) is 16.8. The predicted octanol–water partition coefficient (Wildman–Crippen LogP) is 5.10. The fourth-order valence-corrected chi connectivity index (χ4v) is 3.91. The average molecular weight is 443 g/mol. The topological polar surface area (TPSA) is 103 Å². The van der Waals surface area contributed by atoms with Gasteiger partial charge in [0.05, 0.1) is 10.2 Å². The van der Waals surface area contributed by atoms with Crippen LogP contribution in [0.1, 0.15) is 12.3 Å². The summed E-state index contributed by atoms with van der Waals surface area (Å²) in [4.78, 5) is 25.3. The number of benzene rings is 2. The summed E-state index contributed by atoms with van der Waals surface area (Å²) in [7, 11) is 0. The van der Waals surface area contributed by atoms with E-state index in [-0.39, 0.29) is 12.3 Å². The van der Waals surface area contributed by atoms with Crippen LogP contribution in [0.4, 0.5) is 5.13 Å². The number of amides is 1. The van der Waals surface area contributed by atoms with Crippen molar-refractivity contribution in [2.24, 2.45) is 0 Å². The number of aryl methyl sites for hydroxylation is 1. The molecule has 0 aliphatic rings. The summed E-state index contributed by atoms with van der Waals surface area (Å²) in [5.74, 6) is 2.08. The van der Waals surface area contributed by atoms with E-state index in [0.29, 0.717) is 34.7 Å². The molecule has 0 spiro atoms. The molecule has 0 aliphatic carbocycles. The van der Waals surface area contributed by atoms with E-state index >= 15 is 0 Å². The van der Waals surface area contributed by atoms with Gasteiger partial charge in [-0.05, 0) is 36.4 Å². The monoisotopic (exact) mass is 443 g/mol. The van der Waals surface area contributed by atoms with Gasteiger partial charge in [-0.3, -0.25) is 9.78 Å². The highest BCUT2D eigenvalue weighted by Gasteiger charge is 2.13. The van der Waals surface area contributed by atoms with Crippen LogP contribution in [0.5, 0.6) is 11.5 Å². The molecule has 1 N–H and O–H groups in total. The Balaban J connectivity index is 1.20. The first-order chi connectivity index (χ1) is 15.7. The van der Waals surface area contributed by atoms with E-state index in [0.717, 1.165) is 16.0 Å². The molecule has 1 amide bonds. The largest absolute Gasteiger partial charge is 0.457 e. The lowest BCUT2D eigenvalue weighted by Crippen LogP contribution is -2.12. The van der Waals surface area contributed by atoms with Crippen molar-refractivity contribution >= 4 is 32.6 Å². The number of nitrogens with zero attached hydrogens (tertiary/aromatic N) is 4. The van der Waals surface area contributed by atoms with E-state index in [2.05, 4.69) is 25.4 Å². The van der Waals surface area contributed by atoms with E-state index in [1.54, 1.807) is 12.3 Å². The maximum atomic E-state index is 12.4. The van der Waals surface area contributed by atoms with Crippen LogP contribution >= 0.6 is 11.3 Å². The van der Waals surface area contributed by atoms with Crippen LogP contribution in [0.15, 0.2) is 77.4 Å². The van der Waals surface area contributed by atoms with Gasteiger partial charge in [0, 0.05) is 25.1 Å². The summed E-state index contributed by atoms with van der Waals surface area (Å²) < 4.78 is 12.0. The van der Waals surface area contributed by atoms with Crippen LogP contribution in [0, 0.1) is 0 Å². The van der Waals surface area contributed by atoms with Crippen LogP contribution in [0.2, 0.25) is 0 Å². The Labute approximate surface area is 186 Å². The smallest absolute Gasteiger partial charge is 0.227 e. The van der Waals surface area contributed by atoms with Gasteiger partial charge in [0.1, 0.15) is 17.2 Å². The molecule has 8 nitrogen and oxygen atoms in total. The molecule has 5 rings (SSSR count). The van der Waals surface area contributed by atoms with Gasteiger partial charge >= 0.3 is 0 Å². The van der Waals surface area contributed by atoms with E-state index in [9.17, 15) is 4.79 Å². The third-order valence-corrected chi connectivity index (χ3v) is 5.45. The van der Waals surface area contributed by atoms with Crippen molar-refractivity contribution in [1.82, 2.24) is 20.1 Å². The van der Waals surface area contributed by atoms with E-state index in [4.69, 9.17) is 9.26 Å². The van der Waals surface area contributed by atoms with Crippen molar-refractivity contribution in [1.29, 1.82) is 0 Å². The number of hydrogen-bond donors (Lipinski definition) is 1. The molecule has 0 radical (unpaired) electrons. The SMILES string of the molecule is O=C(CCc1nc(-c2ccccn2)no1)Nc1nc2ccc(Oc3ccccc3)cc2s1. The molecule has 0 bridgehead atoms. The van der Waals surface area contributed by atoms with Gasteiger partial charge in [-0.15, -0.1) is 0 Å². The summed E-state index contributed by atoms with van der Waals surface area (Å²) in [6.07, 6.45) is 2.18. The number of hydrogen-bond acceptors (Lipinski definition) is 8. The number of carbonyl (C=O) groups excluding carboxylic acids is 1. The second kappa shape index (κ2) is 8.94. The lowest BCUT2D eigenvalue weighted by Gasteiger charge is -2.04. The van der Waals surface area contributed by atoms with Crippen molar-refractivity contribution in [2.75, 3.05) is 5.32 Å². The van der Waals surface area contributed by atoms with E-state index < -0.39 is 0 Å². The van der Waals surface area contributed by atoms with Crippen LogP contribution in [0.3, 0.4) is 0 Å². The molecule has 9 heteroatoms. The summed E-state index contributed by atoms with van der Waals surface area (Å²) in [6, 6.07) is 20.7. The van der Waals surface area contributed by atoms with Crippen LogP contribution in [-0.2, 0) is 11.2 Å². The quantitative estimate of drug-likeness (QED) is 0.373. The number of pyridine rings is 1. The van der Waals surface area contributed by atoms with Crippen LogP contribution < -0.4 is 10.1 Å². The lowest BCUT2D eigenvalue weighted by atomic mass is 10.3. The molecule has 158 valence electrons. The minimum atomic E-state index is -0.178. The average Bonchev–Trinajstić information content (AvgIpc) is 3.45. The van der Waals surface area contributed by atoms with Gasteiger partial charge in [-0.1, -0.05) is 40.8 Å². The maximum absolute atomic E-state index is 12.4. The highest BCUT2D eigenvalue weighted by Crippen LogP contribution is 2.31. The van der Waals surface area contributed by atoms with E-state index in [1.165, 1.54) is 11.3 Å². The number of para-hydroxylation sites is 1. The number of aromatic nitrogens is 4. The van der Waals surface area contributed by atoms with Gasteiger partial charge in [0.2, 0.25) is 17.6 Å². The Morgan fingerprint density at radius 3 is 2.72 bits per heavy atom. The molecular weight excluding hydrogens is 426 g/mol. The fraction of sp³-hybridized carbons (Fsp3) is 0.0870. The number of rotatable bonds is 7. The molecule has 0 saturated carbocycles. The summed E-state index contributed by atoms with van der Waals surface area (Å²) in [6.45, 7) is 0. The molecule has 0 saturated heterocycles. The molecular formula is C23H17N5O3S. The van der Waals surface area contributed by atoms with Gasteiger partial charge in [-0.25, -0.2) is 4.98 Å². The van der Waals surface area contributed by atoms with Gasteiger partial charge in [0.25, 0.3) is 0 Å². The number of nitrogens with one attached hydrogen (secondary N) is 1. The van der Waals surface area contributed by atoms with Crippen molar-refractivity contribution < 1.29 is 14.1 Å². The van der Waals surface area contributed by atoms with Crippen LogP contribution in [-0.4, -0.2) is 26.0 Å². The first-order valence-electron chi connectivity index (χ1n) is 9.90. The molecule has 3 heterocycles. The second-order valence-electron chi connectivity index (χ2n) is 6.84. The van der Waals surface area contributed by atoms with Gasteiger partial charge < -0.3 is 14.6 Å². The fourth-order valence-electron chi connectivity index (χ4n) is 3.00. The van der Waals surface area contributed by atoms with Crippen LogP contribution in [0.25, 0.3) is 21.7 Å². The normalized spacial score (nSPS) is 10.9. The summed E-state index contributed by atoms with van der Waals surface area (Å²) in [5, 5.41) is 7.28. The maximum Gasteiger partial charge on any atom is 0.227 e. The number of fused-ring (bicyclic) bond motifs is 1. The summed E-state index contributed by atoms with van der Waals surface area (Å²) >= 11 is 1.39. The zero-order valence-corrected chi connectivity index (χ0v) is 17.6. The van der Waals surface area contributed by atoms with Crippen molar-refractivity contribution in [3.8, 4) is 23.0 Å². The molecule has 32 heavy (non-hydrogen) atoms. The minimum Gasteiger partial charge on any atom is -0.457 e. The number of carbonyl (C=O) groups is 1. The Kier molecular flexibility index (Phi) is 5.54. The molecule has 5 aromatic rings. The Morgan fingerprint density at radius 1 is 1.00 bits per heavy atom. The lowest BCUT2D eigenvalue weighted by molar-refractivity contribution is -0.116. The minimum absolute atomic E-state index is 0.178. The third-order valence-electron chi connectivity index (χ3n) is 4.51.